The predicted molar refractivity (Wildman–Crippen MR) is 43.5 cm³/mol. The number of allylic oxidation sites excluding steroid dienone is 1. The van der Waals surface area contributed by atoms with Gasteiger partial charge in [-0.15, -0.1) is 0 Å². The lowest BCUT2D eigenvalue weighted by molar-refractivity contribution is 0.426. The molecular formula is C8H10N2O. The van der Waals surface area contributed by atoms with Gasteiger partial charge in [-0.25, -0.2) is 0 Å². The normalized spacial score (nSPS) is 28.1. The zero-order valence-corrected chi connectivity index (χ0v) is 6.36. The van der Waals surface area contributed by atoms with Crippen molar-refractivity contribution in [1.29, 1.82) is 0 Å². The number of aliphatic hydroxyl groups is 1. The van der Waals surface area contributed by atoms with Gasteiger partial charge in [0.2, 0.25) is 0 Å². The van der Waals surface area contributed by atoms with Gasteiger partial charge in [0.15, 0.2) is 0 Å². The molecule has 0 aliphatic carbocycles. The zero-order chi connectivity index (χ0) is 7.84. The standard InChI is InChI=1S/C8H10N2O/c1-6-5-10-3-2-7(11)4-8(10)9-6/h2-4,6,11H,5H2,1H3/t6-/m1/s1. The van der Waals surface area contributed by atoms with Crippen molar-refractivity contribution >= 4 is 5.84 Å². The van der Waals surface area contributed by atoms with Crippen LogP contribution in [0.5, 0.6) is 0 Å². The van der Waals surface area contributed by atoms with Gasteiger partial charge < -0.3 is 10.0 Å². The van der Waals surface area contributed by atoms with Crippen LogP contribution >= 0.6 is 0 Å². The highest BCUT2D eigenvalue weighted by Gasteiger charge is 2.20. The second kappa shape index (κ2) is 2.12. The Kier molecular flexibility index (Phi) is 1.24. The molecule has 0 unspecified atom stereocenters. The number of amidine groups is 1. The smallest absolute Gasteiger partial charge is 0.131 e. The summed E-state index contributed by atoms with van der Waals surface area (Å²) < 4.78 is 0. The number of aliphatic imine (C=N–C) groups is 1. The third-order valence-corrected chi connectivity index (χ3v) is 1.81. The lowest BCUT2D eigenvalue weighted by Gasteiger charge is -2.16. The number of hydrogen-bond donors (Lipinski definition) is 1. The van der Waals surface area contributed by atoms with Crippen molar-refractivity contribution in [2.24, 2.45) is 4.99 Å². The van der Waals surface area contributed by atoms with Crippen LogP contribution in [0.25, 0.3) is 0 Å². The minimum Gasteiger partial charge on any atom is -0.508 e. The topological polar surface area (TPSA) is 35.8 Å². The molecule has 0 aromatic carbocycles. The van der Waals surface area contributed by atoms with E-state index in [2.05, 4.69) is 11.9 Å². The van der Waals surface area contributed by atoms with Crippen molar-refractivity contribution in [2.45, 2.75) is 13.0 Å². The molecule has 0 radical (unpaired) electrons. The summed E-state index contributed by atoms with van der Waals surface area (Å²) >= 11 is 0. The van der Waals surface area contributed by atoms with Gasteiger partial charge in [-0.1, -0.05) is 0 Å². The summed E-state index contributed by atoms with van der Waals surface area (Å²) in [6.07, 6.45) is 5.22. The predicted octanol–water partition coefficient (Wildman–Crippen LogP) is 1.06. The van der Waals surface area contributed by atoms with Crippen molar-refractivity contribution < 1.29 is 5.11 Å². The number of nitrogens with zero attached hydrogens (tertiary/aromatic N) is 2. The van der Waals surface area contributed by atoms with Crippen LogP contribution in [0.2, 0.25) is 0 Å². The molecule has 0 aromatic rings. The summed E-state index contributed by atoms with van der Waals surface area (Å²) in [5.74, 6) is 1.16. The maximum Gasteiger partial charge on any atom is 0.131 e. The van der Waals surface area contributed by atoms with E-state index in [1.54, 1.807) is 12.2 Å². The van der Waals surface area contributed by atoms with Crippen LogP contribution < -0.4 is 0 Å². The minimum atomic E-state index is 0.286. The summed E-state index contributed by atoms with van der Waals surface area (Å²) in [4.78, 5) is 6.35. The van der Waals surface area contributed by atoms with Crippen molar-refractivity contribution in [3.8, 4) is 0 Å². The van der Waals surface area contributed by atoms with Crippen LogP contribution in [-0.4, -0.2) is 28.4 Å². The van der Waals surface area contributed by atoms with Gasteiger partial charge in [0, 0.05) is 18.8 Å². The Morgan fingerprint density at radius 2 is 2.55 bits per heavy atom. The summed E-state index contributed by atoms with van der Waals surface area (Å²) in [7, 11) is 0. The van der Waals surface area contributed by atoms with Crippen LogP contribution in [0.3, 0.4) is 0 Å². The van der Waals surface area contributed by atoms with E-state index >= 15 is 0 Å². The molecule has 0 spiro atoms. The van der Waals surface area contributed by atoms with Crippen LogP contribution in [0.4, 0.5) is 0 Å². The lowest BCUT2D eigenvalue weighted by Crippen LogP contribution is -2.23. The van der Waals surface area contributed by atoms with Crippen LogP contribution in [0, 0.1) is 0 Å². The molecule has 0 saturated heterocycles. The zero-order valence-electron chi connectivity index (χ0n) is 6.36. The first-order chi connectivity index (χ1) is 5.25. The number of hydrogen-bond acceptors (Lipinski definition) is 3. The third kappa shape index (κ3) is 1.02. The Hall–Kier alpha value is -1.25. The Labute approximate surface area is 65.4 Å². The van der Waals surface area contributed by atoms with E-state index in [4.69, 9.17) is 5.11 Å². The summed E-state index contributed by atoms with van der Waals surface area (Å²) in [5, 5.41) is 9.11. The summed E-state index contributed by atoms with van der Waals surface area (Å²) in [6, 6.07) is 0.344. The fraction of sp³-hybridized carbons (Fsp3) is 0.375. The third-order valence-electron chi connectivity index (χ3n) is 1.81. The monoisotopic (exact) mass is 150 g/mol. The number of rotatable bonds is 0. The molecule has 0 amide bonds. The molecule has 1 N–H and O–H groups in total. The molecule has 0 saturated carbocycles. The van der Waals surface area contributed by atoms with Gasteiger partial charge in [-0.3, -0.25) is 4.99 Å². The minimum absolute atomic E-state index is 0.286. The lowest BCUT2D eigenvalue weighted by atomic mass is 10.3. The Bertz CT molecular complexity index is 265. The van der Waals surface area contributed by atoms with E-state index in [-0.39, 0.29) is 5.76 Å². The van der Waals surface area contributed by atoms with Gasteiger partial charge in [-0.05, 0) is 13.0 Å². The molecule has 2 heterocycles. The highest BCUT2D eigenvalue weighted by atomic mass is 16.3. The molecule has 0 bridgehead atoms. The van der Waals surface area contributed by atoms with Crippen molar-refractivity contribution in [2.75, 3.05) is 6.54 Å². The first-order valence-electron chi connectivity index (χ1n) is 3.69. The molecule has 2 aliphatic heterocycles. The maximum atomic E-state index is 9.11. The van der Waals surface area contributed by atoms with E-state index in [1.807, 2.05) is 11.1 Å². The van der Waals surface area contributed by atoms with Crippen molar-refractivity contribution in [3.63, 3.8) is 0 Å². The Morgan fingerprint density at radius 1 is 1.73 bits per heavy atom. The van der Waals surface area contributed by atoms with E-state index in [0.29, 0.717) is 6.04 Å². The second-order valence-corrected chi connectivity index (χ2v) is 2.87. The fourth-order valence-corrected chi connectivity index (χ4v) is 1.32. The SMILES string of the molecule is C[C@@H]1CN2C=CC(O)=CC2=N1. The van der Waals surface area contributed by atoms with Gasteiger partial charge >= 0.3 is 0 Å². The molecular weight excluding hydrogens is 140 g/mol. The average Bonchev–Trinajstić information content (AvgIpc) is 2.27. The Balaban J connectivity index is 2.31. The average molecular weight is 150 g/mol. The number of aliphatic hydroxyl groups excluding tert-OH is 1. The molecule has 1 atom stereocenters. The highest BCUT2D eigenvalue weighted by molar-refractivity contribution is 5.96. The van der Waals surface area contributed by atoms with Crippen molar-refractivity contribution in [3.05, 3.63) is 24.1 Å². The van der Waals surface area contributed by atoms with Crippen LogP contribution in [-0.2, 0) is 0 Å². The molecule has 3 nitrogen and oxygen atoms in total. The van der Waals surface area contributed by atoms with Gasteiger partial charge in [0.05, 0.1) is 6.04 Å². The van der Waals surface area contributed by atoms with Gasteiger partial charge in [0.25, 0.3) is 0 Å². The van der Waals surface area contributed by atoms with Crippen LogP contribution in [0.15, 0.2) is 29.1 Å². The fourth-order valence-electron chi connectivity index (χ4n) is 1.32. The first-order valence-corrected chi connectivity index (χ1v) is 3.69. The molecule has 3 heteroatoms. The second-order valence-electron chi connectivity index (χ2n) is 2.87. The first kappa shape index (κ1) is 6.46. The Morgan fingerprint density at radius 3 is 3.36 bits per heavy atom. The quantitative estimate of drug-likeness (QED) is 0.560. The van der Waals surface area contributed by atoms with Crippen molar-refractivity contribution in [1.82, 2.24) is 4.90 Å². The van der Waals surface area contributed by atoms with E-state index < -0.39 is 0 Å². The highest BCUT2D eigenvalue weighted by Crippen LogP contribution is 2.15. The molecule has 2 rings (SSSR count). The largest absolute Gasteiger partial charge is 0.508 e. The van der Waals surface area contributed by atoms with Gasteiger partial charge in [0.1, 0.15) is 11.6 Å². The number of fused-ring (bicyclic) bond motifs is 1. The molecule has 0 aromatic heterocycles. The van der Waals surface area contributed by atoms with Gasteiger partial charge in [-0.2, -0.15) is 0 Å². The van der Waals surface area contributed by atoms with Crippen LogP contribution in [0.1, 0.15) is 6.92 Å². The molecule has 11 heavy (non-hydrogen) atoms. The van der Waals surface area contributed by atoms with E-state index in [1.165, 1.54) is 0 Å². The van der Waals surface area contributed by atoms with E-state index in [0.717, 1.165) is 12.4 Å². The van der Waals surface area contributed by atoms with E-state index in [9.17, 15) is 0 Å². The summed E-state index contributed by atoms with van der Waals surface area (Å²) in [6.45, 7) is 2.99. The maximum absolute atomic E-state index is 9.11. The molecule has 58 valence electrons. The molecule has 2 aliphatic rings. The molecule has 0 fully saturated rings. The summed E-state index contributed by atoms with van der Waals surface area (Å²) in [5.41, 5.74) is 0.